The number of nitrogens with zero attached hydrogens (tertiary/aromatic N) is 3. The summed E-state index contributed by atoms with van der Waals surface area (Å²) in [5.41, 5.74) is 6.61. The van der Waals surface area contributed by atoms with Crippen molar-refractivity contribution in [3.63, 3.8) is 0 Å². The summed E-state index contributed by atoms with van der Waals surface area (Å²) in [6.45, 7) is 0. The molecule has 0 saturated carbocycles. The highest BCUT2D eigenvalue weighted by molar-refractivity contribution is 7.26. The van der Waals surface area contributed by atoms with E-state index in [2.05, 4.69) is 66.7 Å². The Morgan fingerprint density at radius 3 is 1.88 bits per heavy atom. The average Bonchev–Trinajstić information content (AvgIpc) is 3.81. The van der Waals surface area contributed by atoms with Crippen molar-refractivity contribution in [2.24, 2.45) is 0 Å². The third-order valence-corrected chi connectivity index (χ3v) is 10.3. The van der Waals surface area contributed by atoms with Crippen molar-refractivity contribution in [2.75, 3.05) is 0 Å². The number of hydrogen-bond donors (Lipinski definition) is 0. The maximum Gasteiger partial charge on any atom is 0.164 e. The zero-order valence-corrected chi connectivity index (χ0v) is 27.2. The second-order valence-electron chi connectivity index (χ2n) is 12.0. The highest BCUT2D eigenvalue weighted by atomic mass is 32.1. The van der Waals surface area contributed by atoms with Crippen molar-refractivity contribution < 1.29 is 11.3 Å². The number of benzene rings is 7. The summed E-state index contributed by atoms with van der Waals surface area (Å²) in [4.78, 5) is 14.7. The molecule has 5 heteroatoms. The van der Waals surface area contributed by atoms with Crippen LogP contribution in [0.4, 0.5) is 0 Å². The van der Waals surface area contributed by atoms with E-state index in [1.165, 1.54) is 20.2 Å². The number of fused-ring (bicyclic) bond motifs is 6. The predicted molar refractivity (Wildman–Crippen MR) is 207 cm³/mol. The zero-order valence-electron chi connectivity index (χ0n) is 31.4. The lowest BCUT2D eigenvalue weighted by atomic mass is 10.00. The fraction of sp³-hybridized carbons (Fsp3) is 0. The van der Waals surface area contributed by atoms with Crippen LogP contribution >= 0.6 is 11.3 Å². The number of rotatable bonds is 5. The molecule has 0 aliphatic heterocycles. The third-order valence-electron chi connectivity index (χ3n) is 9.05. The molecule has 4 nitrogen and oxygen atoms in total. The van der Waals surface area contributed by atoms with E-state index in [1.54, 1.807) is 35.6 Å². The van der Waals surface area contributed by atoms with Crippen LogP contribution < -0.4 is 0 Å². The Morgan fingerprint density at radius 1 is 0.460 bits per heavy atom. The number of furan rings is 1. The fourth-order valence-corrected chi connectivity index (χ4v) is 7.87. The fourth-order valence-electron chi connectivity index (χ4n) is 6.64. The van der Waals surface area contributed by atoms with Gasteiger partial charge in [-0.1, -0.05) is 145 Å². The average molecular weight is 663 g/mol. The minimum Gasteiger partial charge on any atom is -0.455 e. The number of aromatic nitrogens is 3. The van der Waals surface area contributed by atoms with Gasteiger partial charge in [0.05, 0.1) is 6.85 Å². The van der Waals surface area contributed by atoms with Gasteiger partial charge in [-0.15, -0.1) is 11.3 Å². The molecular weight excluding hydrogens is 631 g/mol. The molecule has 10 rings (SSSR count). The molecule has 0 amide bonds. The van der Waals surface area contributed by atoms with E-state index in [1.807, 2.05) is 42.5 Å². The summed E-state index contributed by atoms with van der Waals surface area (Å²) < 4.78 is 50.2. The van der Waals surface area contributed by atoms with E-state index in [0.717, 1.165) is 44.2 Å². The molecule has 0 bridgehead atoms. The first-order valence-electron chi connectivity index (χ1n) is 18.7. The Morgan fingerprint density at radius 2 is 1.08 bits per heavy atom. The summed E-state index contributed by atoms with van der Waals surface area (Å²) in [7, 11) is 0. The Bertz CT molecular complexity index is 3130. The van der Waals surface area contributed by atoms with E-state index >= 15 is 0 Å². The van der Waals surface area contributed by atoms with Crippen LogP contribution in [0.3, 0.4) is 0 Å². The normalized spacial score (nSPS) is 13.0. The van der Waals surface area contributed by atoms with E-state index in [0.29, 0.717) is 28.6 Å². The molecule has 7 aromatic carbocycles. The maximum atomic E-state index is 8.43. The van der Waals surface area contributed by atoms with Crippen molar-refractivity contribution in [1.82, 2.24) is 15.0 Å². The van der Waals surface area contributed by atoms with Gasteiger partial charge in [0, 0.05) is 58.8 Å². The van der Waals surface area contributed by atoms with Crippen LogP contribution in [0.1, 0.15) is 6.85 Å². The minimum atomic E-state index is -0.424. The van der Waals surface area contributed by atoms with Crippen molar-refractivity contribution in [3.05, 3.63) is 164 Å². The Balaban J connectivity index is 1.09. The number of thiophene rings is 1. The molecule has 0 fully saturated rings. The second-order valence-corrected chi connectivity index (χ2v) is 13.1. The minimum absolute atomic E-state index is 0.140. The summed E-state index contributed by atoms with van der Waals surface area (Å²) >= 11 is 1.80. The molecule has 0 saturated heterocycles. The molecular formula is C45H27N3OS. The maximum absolute atomic E-state index is 8.43. The highest BCUT2D eigenvalue weighted by Crippen LogP contribution is 2.43. The lowest BCUT2D eigenvalue weighted by molar-refractivity contribution is 0.670. The zero-order chi connectivity index (χ0) is 37.4. The Kier molecular flexibility index (Phi) is 5.54. The quantitative estimate of drug-likeness (QED) is 0.184. The molecule has 0 unspecified atom stereocenters. The molecule has 0 aliphatic carbocycles. The number of hydrogen-bond acceptors (Lipinski definition) is 5. The van der Waals surface area contributed by atoms with Gasteiger partial charge in [0.2, 0.25) is 0 Å². The van der Waals surface area contributed by atoms with Crippen LogP contribution in [0, 0.1) is 0 Å². The largest absolute Gasteiger partial charge is 0.455 e. The molecule has 0 aliphatic rings. The molecule has 3 aromatic heterocycles. The van der Waals surface area contributed by atoms with Gasteiger partial charge in [0.1, 0.15) is 11.2 Å². The Labute approximate surface area is 299 Å². The van der Waals surface area contributed by atoms with Gasteiger partial charge in [0.15, 0.2) is 17.5 Å². The molecule has 0 atom stereocenters. The SMILES string of the molecule is [2H]c1c([2H])c([2H])c(-c2ccc(-c3nc(-c4ccccc4)nc(-c4ccc5c(c4)oc4c(-c6cccc7c6sc6ccccc67)cccc45)n3)cc2)c([2H])c1[2H]. The topological polar surface area (TPSA) is 51.8 Å². The number of para-hydroxylation sites is 1. The van der Waals surface area contributed by atoms with Crippen LogP contribution in [0.25, 0.3) is 98.5 Å². The van der Waals surface area contributed by atoms with Gasteiger partial charge >= 0.3 is 0 Å². The summed E-state index contributed by atoms with van der Waals surface area (Å²) in [5, 5.41) is 4.50. The first-order chi connectivity index (χ1) is 26.8. The van der Waals surface area contributed by atoms with Gasteiger partial charge in [-0.2, -0.15) is 0 Å². The first kappa shape index (κ1) is 23.8. The van der Waals surface area contributed by atoms with Crippen LogP contribution in [-0.2, 0) is 0 Å². The summed E-state index contributed by atoms with van der Waals surface area (Å²) in [6.07, 6.45) is 0. The monoisotopic (exact) mass is 662 g/mol. The molecule has 0 spiro atoms. The highest BCUT2D eigenvalue weighted by Gasteiger charge is 2.18. The summed E-state index contributed by atoms with van der Waals surface area (Å²) in [6, 6.07) is 42.4. The van der Waals surface area contributed by atoms with Gasteiger partial charge in [-0.3, -0.25) is 0 Å². The van der Waals surface area contributed by atoms with Gasteiger partial charge < -0.3 is 4.42 Å². The van der Waals surface area contributed by atoms with Crippen molar-refractivity contribution in [1.29, 1.82) is 0 Å². The summed E-state index contributed by atoms with van der Waals surface area (Å²) in [5.74, 6) is 1.40. The van der Waals surface area contributed by atoms with Crippen LogP contribution in [0.5, 0.6) is 0 Å². The van der Waals surface area contributed by atoms with Crippen LogP contribution in [-0.4, -0.2) is 15.0 Å². The van der Waals surface area contributed by atoms with Gasteiger partial charge in [0.25, 0.3) is 0 Å². The standard InChI is InChI=1S/C45H27N3OS/c1-3-11-28(12-4-1)29-21-23-31(24-22-29)44-46-43(30-13-5-2-6-14-30)47-45(48-44)32-25-26-33-35-16-9-17-36(41(35)49-39(33)27-32)38-19-10-18-37-34-15-7-8-20-40(34)50-42(37)38/h1-27H/i1D,3D,4D,11D,12D. The third kappa shape index (κ3) is 4.79. The smallest absolute Gasteiger partial charge is 0.164 e. The van der Waals surface area contributed by atoms with Gasteiger partial charge in [-0.05, 0) is 29.3 Å². The molecule has 0 radical (unpaired) electrons. The van der Waals surface area contributed by atoms with Crippen molar-refractivity contribution in [2.45, 2.75) is 0 Å². The van der Waals surface area contributed by atoms with Crippen molar-refractivity contribution in [3.8, 4) is 56.4 Å². The van der Waals surface area contributed by atoms with E-state index < -0.39 is 6.04 Å². The van der Waals surface area contributed by atoms with E-state index in [-0.39, 0.29) is 29.7 Å². The Hall–Kier alpha value is -6.43. The van der Waals surface area contributed by atoms with Gasteiger partial charge in [-0.25, -0.2) is 15.0 Å². The molecule has 3 heterocycles. The lowest BCUT2D eigenvalue weighted by Crippen LogP contribution is -2.00. The van der Waals surface area contributed by atoms with E-state index in [9.17, 15) is 0 Å². The molecule has 234 valence electrons. The molecule has 50 heavy (non-hydrogen) atoms. The molecule has 10 aromatic rings. The first-order valence-corrected chi connectivity index (χ1v) is 17.0. The van der Waals surface area contributed by atoms with E-state index in [4.69, 9.17) is 26.2 Å². The van der Waals surface area contributed by atoms with Crippen LogP contribution in [0.15, 0.2) is 168 Å². The lowest BCUT2D eigenvalue weighted by Gasteiger charge is -2.09. The predicted octanol–water partition coefficient (Wildman–Crippen LogP) is 12.5. The van der Waals surface area contributed by atoms with Crippen LogP contribution in [0.2, 0.25) is 0 Å². The van der Waals surface area contributed by atoms with Crippen molar-refractivity contribution >= 4 is 53.4 Å². The molecule has 0 N–H and O–H groups in total. The second kappa shape index (κ2) is 11.6.